The van der Waals surface area contributed by atoms with Gasteiger partial charge in [-0.25, -0.2) is 13.5 Å². The number of halogens is 1. The number of ketones is 1. The van der Waals surface area contributed by atoms with Crippen molar-refractivity contribution in [2.24, 2.45) is 5.10 Å². The van der Waals surface area contributed by atoms with Crippen molar-refractivity contribution in [3.63, 3.8) is 0 Å². The number of hydrogen-bond donors (Lipinski definition) is 2. The van der Waals surface area contributed by atoms with Crippen molar-refractivity contribution >= 4 is 49.7 Å². The van der Waals surface area contributed by atoms with E-state index in [0.29, 0.717) is 0 Å². The molecule has 0 amide bonds. The van der Waals surface area contributed by atoms with Crippen LogP contribution in [-0.2, 0) is 14.9 Å². The zero-order valence-corrected chi connectivity index (χ0v) is 19.9. The first kappa shape index (κ1) is 24.4. The zero-order valence-electron chi connectivity index (χ0n) is 14.4. The second kappa shape index (κ2) is 9.69. The third-order valence-corrected chi connectivity index (χ3v) is 4.52. The number of Topliss-reactive ketones (excluding diaryl/α,β-unsaturated/α-hetero) is 1. The van der Waals surface area contributed by atoms with Gasteiger partial charge < -0.3 is 14.5 Å². The molecule has 11 heteroatoms. The number of phenols is 1. The van der Waals surface area contributed by atoms with Crippen molar-refractivity contribution in [2.75, 3.05) is 5.43 Å². The molecule has 1 aliphatic carbocycles. The number of allylic oxidation sites excluding steroid dienone is 4. The van der Waals surface area contributed by atoms with E-state index in [1.807, 2.05) is 0 Å². The first-order valence-electron chi connectivity index (χ1n) is 6.83. The Morgan fingerprint density at radius 3 is 2.52 bits per heavy atom. The van der Waals surface area contributed by atoms with Crippen LogP contribution in [0.1, 0.15) is 0 Å². The summed E-state index contributed by atoms with van der Waals surface area (Å²) in [5, 5.41) is 14.7. The number of rotatable bonds is 3. The van der Waals surface area contributed by atoms with Gasteiger partial charge in [-0.1, -0.05) is 23.2 Å². The van der Waals surface area contributed by atoms with Crippen molar-refractivity contribution < 1.29 is 82.0 Å². The minimum Gasteiger partial charge on any atom is -0.744 e. The molecule has 0 fully saturated rings. The molecule has 0 saturated carbocycles. The summed E-state index contributed by atoms with van der Waals surface area (Å²) in [7, 11) is -4.69. The molecule has 0 radical (unpaired) electrons. The van der Waals surface area contributed by atoms with Gasteiger partial charge in [-0.05, 0) is 12.1 Å². The van der Waals surface area contributed by atoms with Gasteiger partial charge in [0.1, 0.15) is 15.9 Å². The van der Waals surface area contributed by atoms with E-state index >= 15 is 0 Å². The van der Waals surface area contributed by atoms with Gasteiger partial charge in [0.2, 0.25) is 0 Å². The topological polar surface area (TPSA) is 119 Å². The molecular formula is C16H9ClN2Na2O5S. The molecule has 3 rings (SSSR count). The Balaban J connectivity index is 0.00000182. The maximum Gasteiger partial charge on any atom is 1.00 e. The number of aromatic hydroxyl groups is 1. The molecule has 0 spiro atoms. The first-order valence-corrected chi connectivity index (χ1v) is 8.61. The Morgan fingerprint density at radius 2 is 1.85 bits per heavy atom. The Bertz CT molecular complexity index is 1100. The van der Waals surface area contributed by atoms with E-state index in [0.717, 1.165) is 6.07 Å². The smallest absolute Gasteiger partial charge is 0.744 e. The Morgan fingerprint density at radius 1 is 1.15 bits per heavy atom. The van der Waals surface area contributed by atoms with E-state index in [2.05, 4.69) is 16.6 Å². The van der Waals surface area contributed by atoms with Crippen molar-refractivity contribution in [2.45, 2.75) is 4.90 Å². The number of hydrazone groups is 1. The van der Waals surface area contributed by atoms with Crippen LogP contribution < -0.4 is 64.5 Å². The zero-order chi connectivity index (χ0) is 18.2. The number of hydrogen-bond acceptors (Lipinski definition) is 7. The molecule has 0 unspecified atom stereocenters. The summed E-state index contributed by atoms with van der Waals surface area (Å²) in [6.45, 7) is 0. The predicted octanol–water partition coefficient (Wildman–Crippen LogP) is -3.71. The Labute approximate surface area is 204 Å². The van der Waals surface area contributed by atoms with Gasteiger partial charge in [-0.15, -0.1) is 12.2 Å². The molecule has 2 N–H and O–H groups in total. The molecule has 7 nitrogen and oxygen atoms in total. The largest absolute Gasteiger partial charge is 1.00 e. The average molecular weight is 423 g/mol. The normalized spacial score (nSPS) is 15.1. The van der Waals surface area contributed by atoms with Crippen molar-refractivity contribution in [3.05, 3.63) is 53.6 Å². The summed E-state index contributed by atoms with van der Waals surface area (Å²) in [6.07, 6.45) is 5.02. The molecule has 128 valence electrons. The summed E-state index contributed by atoms with van der Waals surface area (Å²) in [4.78, 5) is 11.2. The van der Waals surface area contributed by atoms with Crippen LogP contribution in [0.5, 0.6) is 5.75 Å². The fraction of sp³-hybridized carbons (Fsp3) is 0. The summed E-state index contributed by atoms with van der Waals surface area (Å²) in [6, 6.07) is 6.66. The average Bonchev–Trinajstić information content (AvgIpc) is 2.56. The van der Waals surface area contributed by atoms with E-state index in [4.69, 9.17) is 11.6 Å². The summed E-state index contributed by atoms with van der Waals surface area (Å²) in [5.74, 6) is -0.804. The number of nitrogens with zero attached hydrogens (tertiary/aromatic N) is 1. The van der Waals surface area contributed by atoms with Gasteiger partial charge in [0, 0.05) is 16.5 Å². The molecule has 0 bridgehead atoms. The molecular weight excluding hydrogens is 414 g/mol. The van der Waals surface area contributed by atoms with E-state index in [1.54, 1.807) is 0 Å². The molecule has 0 aliphatic heterocycles. The second-order valence-electron chi connectivity index (χ2n) is 5.02. The second-order valence-corrected chi connectivity index (χ2v) is 6.81. The summed E-state index contributed by atoms with van der Waals surface area (Å²) >= 11 is 5.77. The van der Waals surface area contributed by atoms with Gasteiger partial charge in [-0.3, -0.25) is 5.43 Å². The predicted molar refractivity (Wildman–Crippen MR) is 91.4 cm³/mol. The minimum atomic E-state index is -4.69. The van der Waals surface area contributed by atoms with E-state index in [-0.39, 0.29) is 92.1 Å². The number of nitrogens with one attached hydrogen (secondary N) is 1. The number of carbonyl (C=O) groups is 1. The van der Waals surface area contributed by atoms with E-state index in [9.17, 15) is 22.9 Å². The van der Waals surface area contributed by atoms with E-state index < -0.39 is 20.8 Å². The summed E-state index contributed by atoms with van der Waals surface area (Å²) in [5.41, 5.74) is 2.62. The van der Waals surface area contributed by atoms with Gasteiger partial charge in [0.25, 0.3) is 0 Å². The van der Waals surface area contributed by atoms with Crippen LogP contribution >= 0.6 is 11.6 Å². The van der Waals surface area contributed by atoms with Crippen LogP contribution in [0, 0.1) is 6.08 Å². The maximum absolute atomic E-state index is 11.6. The molecule has 0 saturated heterocycles. The van der Waals surface area contributed by atoms with E-state index in [1.165, 1.54) is 36.4 Å². The van der Waals surface area contributed by atoms with Crippen LogP contribution in [0.15, 0.2) is 57.5 Å². The van der Waals surface area contributed by atoms with Gasteiger partial charge >= 0.3 is 59.1 Å². The van der Waals surface area contributed by atoms with Gasteiger partial charge in [-0.2, -0.15) is 17.7 Å². The standard InChI is InChI=1S/C16H10ClN2O5S.2Na/c17-9-4-7-14(20)13(8-9)19-18-12-6-5-10-11(16(12)21)2-1-3-15(10)25(22,23)24;;/h1-6,8,18,21H,(H,22,23,24);;/q-1;2*+1/p-1/b19-13-;;. The van der Waals surface area contributed by atoms with Crippen LogP contribution in [-0.4, -0.2) is 29.6 Å². The number of carbonyl (C=O) groups excluding carboxylic acids is 1. The molecule has 2 aromatic carbocycles. The van der Waals surface area contributed by atoms with Gasteiger partial charge in [0.05, 0.1) is 16.4 Å². The minimum absolute atomic E-state index is 0. The van der Waals surface area contributed by atoms with Crippen molar-refractivity contribution in [3.8, 4) is 5.75 Å². The fourth-order valence-electron chi connectivity index (χ4n) is 2.27. The Kier molecular flexibility index (Phi) is 8.74. The molecule has 0 heterocycles. The van der Waals surface area contributed by atoms with Crippen molar-refractivity contribution in [1.29, 1.82) is 0 Å². The van der Waals surface area contributed by atoms with Crippen molar-refractivity contribution in [1.82, 2.24) is 0 Å². The molecule has 0 atom stereocenters. The summed E-state index contributed by atoms with van der Waals surface area (Å²) < 4.78 is 33.9. The first-order chi connectivity index (χ1) is 11.8. The SMILES string of the molecule is O=C1[C-]=CC(Cl)=C/C1=N/Nc1ccc2c(S(=O)(=O)[O-])cccc2c1O.[Na+].[Na+]. The van der Waals surface area contributed by atoms with Crippen LogP contribution in [0.25, 0.3) is 10.8 Å². The fourth-order valence-corrected chi connectivity index (χ4v) is 3.12. The number of benzene rings is 2. The van der Waals surface area contributed by atoms with Crippen LogP contribution in [0.2, 0.25) is 0 Å². The number of phenolic OH excluding ortho intramolecular Hbond substituents is 1. The van der Waals surface area contributed by atoms with Crippen LogP contribution in [0.4, 0.5) is 5.69 Å². The van der Waals surface area contributed by atoms with Crippen LogP contribution in [0.3, 0.4) is 0 Å². The molecule has 27 heavy (non-hydrogen) atoms. The Hall–Kier alpha value is -0.680. The third kappa shape index (κ3) is 5.44. The molecule has 1 aliphatic rings. The van der Waals surface area contributed by atoms with Gasteiger partial charge in [0.15, 0.2) is 0 Å². The number of anilines is 1. The number of fused-ring (bicyclic) bond motifs is 1. The molecule has 0 aromatic heterocycles. The monoisotopic (exact) mass is 422 g/mol. The molecule has 2 aromatic rings. The third-order valence-electron chi connectivity index (χ3n) is 3.41. The quantitative estimate of drug-likeness (QED) is 0.131. The maximum atomic E-state index is 11.6.